The second-order valence-corrected chi connectivity index (χ2v) is 9.53. The van der Waals surface area contributed by atoms with Gasteiger partial charge in [0.05, 0.1) is 31.0 Å². The molecule has 1 atom stereocenters. The van der Waals surface area contributed by atoms with Gasteiger partial charge in [0.25, 0.3) is 11.7 Å². The Kier molecular flexibility index (Phi) is 5.60. The molecule has 1 saturated heterocycles. The third kappa shape index (κ3) is 3.60. The second-order valence-electron chi connectivity index (χ2n) is 9.53. The predicted molar refractivity (Wildman–Crippen MR) is 146 cm³/mol. The van der Waals surface area contributed by atoms with Gasteiger partial charge in [-0.2, -0.15) is 0 Å². The van der Waals surface area contributed by atoms with Crippen LogP contribution < -0.4 is 19.3 Å². The van der Waals surface area contributed by atoms with Crippen LogP contribution in [0.5, 0.6) is 11.5 Å². The number of carbonyl (C=O) groups is 2. The van der Waals surface area contributed by atoms with Crippen molar-refractivity contribution in [3.05, 3.63) is 89.6 Å². The summed E-state index contributed by atoms with van der Waals surface area (Å²) in [4.78, 5) is 30.7. The summed E-state index contributed by atoms with van der Waals surface area (Å²) in [7, 11) is 5.44. The molecule has 0 spiro atoms. The van der Waals surface area contributed by atoms with E-state index in [1.807, 2.05) is 54.0 Å². The standard InChI is InChI=1S/C30H27N3O5/c1-31-14-15-38-25-13-8-18(16-24(25)31)28(34)26-27(22-17-32(2)23-7-5-4-6-21(22)23)33(30(36)29(26)35)19-9-11-20(37-3)12-10-19/h4-13,16-17,27,34H,14-15H2,1-3H3/b28-26+. The van der Waals surface area contributed by atoms with Gasteiger partial charge in [-0.3, -0.25) is 14.5 Å². The molecule has 1 unspecified atom stereocenters. The summed E-state index contributed by atoms with van der Waals surface area (Å²) >= 11 is 0. The van der Waals surface area contributed by atoms with Crippen LogP contribution in [0.1, 0.15) is 17.2 Å². The van der Waals surface area contributed by atoms with Crippen LogP contribution in [0.2, 0.25) is 0 Å². The zero-order valence-corrected chi connectivity index (χ0v) is 21.3. The fourth-order valence-corrected chi connectivity index (χ4v) is 5.38. The van der Waals surface area contributed by atoms with Crippen LogP contribution in [0.15, 0.2) is 78.5 Å². The fraction of sp³-hybridized carbons (Fsp3) is 0.200. The highest BCUT2D eigenvalue weighted by Crippen LogP contribution is 2.45. The third-order valence-corrected chi connectivity index (χ3v) is 7.35. The topological polar surface area (TPSA) is 84.2 Å². The molecule has 1 amide bonds. The Morgan fingerprint density at radius 1 is 1.03 bits per heavy atom. The van der Waals surface area contributed by atoms with Crippen LogP contribution in [0.4, 0.5) is 11.4 Å². The van der Waals surface area contributed by atoms with E-state index in [1.165, 1.54) is 4.90 Å². The van der Waals surface area contributed by atoms with E-state index < -0.39 is 17.7 Å². The lowest BCUT2D eigenvalue weighted by molar-refractivity contribution is -0.132. The average molecular weight is 510 g/mol. The number of rotatable bonds is 4. The normalized spacial score (nSPS) is 18.6. The first-order valence-electron chi connectivity index (χ1n) is 12.4. The summed E-state index contributed by atoms with van der Waals surface area (Å²) in [6, 6.07) is 19.2. The van der Waals surface area contributed by atoms with E-state index >= 15 is 0 Å². The van der Waals surface area contributed by atoms with E-state index in [-0.39, 0.29) is 11.3 Å². The van der Waals surface area contributed by atoms with Gasteiger partial charge in [-0.25, -0.2) is 0 Å². The van der Waals surface area contributed by atoms with Gasteiger partial charge in [-0.1, -0.05) is 18.2 Å². The van der Waals surface area contributed by atoms with Gasteiger partial charge in [-0.15, -0.1) is 0 Å². The molecule has 38 heavy (non-hydrogen) atoms. The lowest BCUT2D eigenvalue weighted by atomic mass is 9.94. The Bertz CT molecular complexity index is 1620. The molecular weight excluding hydrogens is 482 g/mol. The minimum absolute atomic E-state index is 0.0431. The number of ketones is 1. The zero-order chi connectivity index (χ0) is 26.6. The zero-order valence-electron chi connectivity index (χ0n) is 21.3. The van der Waals surface area contributed by atoms with E-state index in [9.17, 15) is 14.7 Å². The highest BCUT2D eigenvalue weighted by Gasteiger charge is 2.48. The number of aromatic nitrogens is 1. The number of fused-ring (bicyclic) bond motifs is 2. The number of nitrogens with zero attached hydrogens (tertiary/aromatic N) is 3. The maximum atomic E-state index is 13.6. The van der Waals surface area contributed by atoms with Crippen molar-refractivity contribution in [3.63, 3.8) is 0 Å². The first kappa shape index (κ1) is 23.7. The van der Waals surface area contributed by atoms with Gasteiger partial charge in [0.15, 0.2) is 0 Å². The smallest absolute Gasteiger partial charge is 0.300 e. The summed E-state index contributed by atoms with van der Waals surface area (Å²) in [5.74, 6) is -0.322. The Morgan fingerprint density at radius 2 is 1.79 bits per heavy atom. The number of anilines is 2. The number of Topliss-reactive ketones (excluding diaryl/α,β-unsaturated/α-hetero) is 1. The molecule has 6 rings (SSSR count). The maximum absolute atomic E-state index is 13.6. The number of aliphatic hydroxyl groups excluding tert-OH is 1. The van der Waals surface area contributed by atoms with Crippen molar-refractivity contribution < 1.29 is 24.2 Å². The van der Waals surface area contributed by atoms with E-state index in [0.717, 1.165) is 22.2 Å². The number of ether oxygens (including phenoxy) is 2. The number of carbonyl (C=O) groups excluding carboxylic acids is 2. The number of para-hydroxylation sites is 1. The van der Waals surface area contributed by atoms with Crippen LogP contribution in [0, 0.1) is 0 Å². The van der Waals surface area contributed by atoms with Gasteiger partial charge >= 0.3 is 0 Å². The molecule has 3 aromatic carbocycles. The van der Waals surface area contributed by atoms with Gasteiger partial charge in [-0.05, 0) is 48.5 Å². The van der Waals surface area contributed by atoms with Crippen molar-refractivity contribution in [1.29, 1.82) is 0 Å². The van der Waals surface area contributed by atoms with Gasteiger partial charge < -0.3 is 24.0 Å². The summed E-state index contributed by atoms with van der Waals surface area (Å²) in [5.41, 5.74) is 3.53. The molecule has 0 radical (unpaired) electrons. The molecule has 1 N–H and O–H groups in total. The first-order valence-corrected chi connectivity index (χ1v) is 12.4. The summed E-state index contributed by atoms with van der Waals surface area (Å²) in [5, 5.41) is 12.5. The molecule has 8 nitrogen and oxygen atoms in total. The SMILES string of the molecule is COc1ccc(N2C(=O)C(=O)/C(=C(/O)c3ccc4c(c3)N(C)CCO4)C2c2cn(C)c3ccccc23)cc1. The predicted octanol–water partition coefficient (Wildman–Crippen LogP) is 4.64. The molecule has 4 aromatic rings. The van der Waals surface area contributed by atoms with Crippen LogP contribution >= 0.6 is 0 Å². The molecule has 3 heterocycles. The summed E-state index contributed by atoms with van der Waals surface area (Å²) in [6.45, 7) is 1.28. The number of hydrogen-bond donors (Lipinski definition) is 1. The molecule has 0 aliphatic carbocycles. The summed E-state index contributed by atoms with van der Waals surface area (Å²) in [6.07, 6.45) is 1.92. The van der Waals surface area contributed by atoms with E-state index in [4.69, 9.17) is 9.47 Å². The summed E-state index contributed by atoms with van der Waals surface area (Å²) < 4.78 is 13.0. The van der Waals surface area contributed by atoms with Crippen LogP contribution in [0.3, 0.4) is 0 Å². The number of aliphatic hydroxyl groups is 1. The number of amides is 1. The van der Waals surface area contributed by atoms with Crippen molar-refractivity contribution >= 4 is 39.7 Å². The molecule has 0 saturated carbocycles. The average Bonchev–Trinajstić information content (AvgIpc) is 3.41. The van der Waals surface area contributed by atoms with E-state index in [0.29, 0.717) is 35.9 Å². The van der Waals surface area contributed by atoms with Crippen molar-refractivity contribution in [2.75, 3.05) is 37.1 Å². The van der Waals surface area contributed by atoms with Crippen molar-refractivity contribution in [2.24, 2.45) is 7.05 Å². The van der Waals surface area contributed by atoms with Crippen LogP contribution in [0.25, 0.3) is 16.7 Å². The molecule has 1 fully saturated rings. The molecule has 2 aliphatic heterocycles. The van der Waals surface area contributed by atoms with Gasteiger partial charge in [0.2, 0.25) is 0 Å². The molecule has 2 aliphatic rings. The highest BCUT2D eigenvalue weighted by atomic mass is 16.5. The number of hydrogen-bond acceptors (Lipinski definition) is 6. The van der Waals surface area contributed by atoms with Gasteiger partial charge in [0, 0.05) is 48.0 Å². The second kappa shape index (κ2) is 8.99. The molecule has 8 heteroatoms. The number of likely N-dealkylation sites (N-methyl/N-ethyl adjacent to an activating group) is 1. The highest BCUT2D eigenvalue weighted by molar-refractivity contribution is 6.52. The minimum atomic E-state index is -0.834. The van der Waals surface area contributed by atoms with Crippen LogP contribution in [-0.4, -0.2) is 48.7 Å². The Hall–Kier alpha value is -4.72. The van der Waals surface area contributed by atoms with Gasteiger partial charge in [0.1, 0.15) is 23.9 Å². The first-order chi connectivity index (χ1) is 18.4. The number of methoxy groups -OCH3 is 1. The number of aryl methyl sites for hydroxylation is 1. The van der Waals surface area contributed by atoms with Crippen LogP contribution in [-0.2, 0) is 16.6 Å². The molecule has 192 valence electrons. The number of benzene rings is 3. The minimum Gasteiger partial charge on any atom is -0.507 e. The Balaban J connectivity index is 1.58. The van der Waals surface area contributed by atoms with E-state index in [2.05, 4.69) is 0 Å². The molecular formula is C30H27N3O5. The van der Waals surface area contributed by atoms with E-state index in [1.54, 1.807) is 49.6 Å². The van der Waals surface area contributed by atoms with Crippen molar-refractivity contribution in [3.8, 4) is 11.5 Å². The maximum Gasteiger partial charge on any atom is 0.300 e. The lowest BCUT2D eigenvalue weighted by Gasteiger charge is -2.28. The molecule has 0 bridgehead atoms. The quantitative estimate of drug-likeness (QED) is 0.245. The Labute approximate surface area is 219 Å². The third-order valence-electron chi connectivity index (χ3n) is 7.35. The Morgan fingerprint density at radius 3 is 2.55 bits per heavy atom. The largest absolute Gasteiger partial charge is 0.507 e. The molecule has 1 aromatic heterocycles. The monoisotopic (exact) mass is 509 g/mol. The fourth-order valence-electron chi connectivity index (χ4n) is 5.38. The van der Waals surface area contributed by atoms with Crippen molar-refractivity contribution in [2.45, 2.75) is 6.04 Å². The van der Waals surface area contributed by atoms with Crippen molar-refractivity contribution in [1.82, 2.24) is 4.57 Å². The lowest BCUT2D eigenvalue weighted by Crippen LogP contribution is -2.29.